The van der Waals surface area contributed by atoms with Gasteiger partial charge in [-0.1, -0.05) is 53.4 Å². The number of ether oxygens (including phenoxy) is 1. The van der Waals surface area contributed by atoms with Gasteiger partial charge in [0.2, 0.25) is 0 Å². The van der Waals surface area contributed by atoms with Crippen molar-refractivity contribution in [1.29, 1.82) is 0 Å². The number of rotatable bonds is 7. The number of hydrogen-bond donors (Lipinski definition) is 1. The molecule has 7 heteroatoms. The molecule has 1 unspecified atom stereocenters. The van der Waals surface area contributed by atoms with Crippen molar-refractivity contribution in [3.8, 4) is 0 Å². The van der Waals surface area contributed by atoms with E-state index in [1.54, 1.807) is 19.5 Å². The molecule has 0 radical (unpaired) electrons. The number of hydrogen-bond acceptors (Lipinski definition) is 7. The Morgan fingerprint density at radius 3 is 2.76 bits per heavy atom. The maximum absolute atomic E-state index is 12.5. The van der Waals surface area contributed by atoms with Crippen LogP contribution in [0.25, 0.3) is 0 Å². The molecule has 0 aliphatic carbocycles. The van der Waals surface area contributed by atoms with Gasteiger partial charge in [-0.25, -0.2) is 4.79 Å². The molecular formula is C14H17N3O2S2. The SMILES string of the molecule is CCOC(=O)C(CSc1nncs1)(NC)c1ccccc1. The summed E-state index contributed by atoms with van der Waals surface area (Å²) in [6, 6.07) is 9.60. The van der Waals surface area contributed by atoms with Gasteiger partial charge in [-0.2, -0.15) is 0 Å². The number of nitrogens with one attached hydrogen (secondary N) is 1. The third-order valence-corrected chi connectivity index (χ3v) is 5.10. The van der Waals surface area contributed by atoms with E-state index in [9.17, 15) is 4.79 Å². The first kappa shape index (κ1) is 15.9. The molecule has 112 valence electrons. The van der Waals surface area contributed by atoms with E-state index in [2.05, 4.69) is 15.5 Å². The smallest absolute Gasteiger partial charge is 0.331 e. The van der Waals surface area contributed by atoms with E-state index in [0.29, 0.717) is 12.4 Å². The molecule has 0 aliphatic rings. The lowest BCUT2D eigenvalue weighted by Crippen LogP contribution is -2.50. The van der Waals surface area contributed by atoms with Crippen molar-refractivity contribution in [1.82, 2.24) is 15.5 Å². The van der Waals surface area contributed by atoms with Gasteiger partial charge in [0.05, 0.1) is 6.61 Å². The summed E-state index contributed by atoms with van der Waals surface area (Å²) in [7, 11) is 1.77. The van der Waals surface area contributed by atoms with Gasteiger partial charge in [-0.05, 0) is 19.5 Å². The average molecular weight is 323 g/mol. The highest BCUT2D eigenvalue weighted by Gasteiger charge is 2.40. The molecule has 0 saturated carbocycles. The highest BCUT2D eigenvalue weighted by atomic mass is 32.2. The van der Waals surface area contributed by atoms with Gasteiger partial charge >= 0.3 is 5.97 Å². The molecule has 0 fully saturated rings. The summed E-state index contributed by atoms with van der Waals surface area (Å²) in [6.45, 7) is 2.15. The first-order valence-corrected chi connectivity index (χ1v) is 8.40. The molecule has 0 amide bonds. The Labute approximate surface area is 132 Å². The number of likely N-dealkylation sites (N-methyl/N-ethyl adjacent to an activating group) is 1. The first-order chi connectivity index (χ1) is 10.2. The van der Waals surface area contributed by atoms with Crippen LogP contribution < -0.4 is 5.32 Å². The van der Waals surface area contributed by atoms with Crippen molar-refractivity contribution in [2.24, 2.45) is 0 Å². The summed E-state index contributed by atoms with van der Waals surface area (Å²) in [4.78, 5) is 12.5. The van der Waals surface area contributed by atoms with Crippen molar-refractivity contribution in [2.45, 2.75) is 16.8 Å². The predicted octanol–water partition coefficient (Wildman–Crippen LogP) is 2.31. The minimum atomic E-state index is -0.895. The maximum Gasteiger partial charge on any atom is 0.331 e. The summed E-state index contributed by atoms with van der Waals surface area (Å²) in [6.07, 6.45) is 0. The lowest BCUT2D eigenvalue weighted by molar-refractivity contribution is -0.150. The Morgan fingerprint density at radius 1 is 1.43 bits per heavy atom. The van der Waals surface area contributed by atoms with Crippen LogP contribution in [-0.4, -0.2) is 35.6 Å². The van der Waals surface area contributed by atoms with Crippen LogP contribution in [0, 0.1) is 0 Å². The zero-order valence-corrected chi connectivity index (χ0v) is 13.5. The fraction of sp³-hybridized carbons (Fsp3) is 0.357. The Hall–Kier alpha value is -1.44. The molecule has 2 aromatic rings. The molecule has 1 atom stereocenters. The van der Waals surface area contributed by atoms with Crippen LogP contribution in [0.4, 0.5) is 0 Å². The van der Waals surface area contributed by atoms with Crippen molar-refractivity contribution in [3.63, 3.8) is 0 Å². The molecule has 0 spiro atoms. The molecule has 1 heterocycles. The van der Waals surface area contributed by atoms with Crippen LogP contribution in [0.1, 0.15) is 12.5 Å². The Balaban J connectivity index is 2.29. The maximum atomic E-state index is 12.5. The highest BCUT2D eigenvalue weighted by Crippen LogP contribution is 2.31. The number of carbonyl (C=O) groups excluding carboxylic acids is 1. The fourth-order valence-corrected chi connectivity index (χ4v) is 3.68. The summed E-state index contributed by atoms with van der Waals surface area (Å²) in [5.74, 6) is 0.206. The molecule has 1 aromatic heterocycles. The predicted molar refractivity (Wildman–Crippen MR) is 84.4 cm³/mol. The Kier molecular flexibility index (Phi) is 5.72. The van der Waals surface area contributed by atoms with Crippen molar-refractivity contribution < 1.29 is 9.53 Å². The van der Waals surface area contributed by atoms with E-state index < -0.39 is 5.54 Å². The monoisotopic (exact) mass is 323 g/mol. The molecule has 5 nitrogen and oxygen atoms in total. The number of aromatic nitrogens is 2. The van der Waals surface area contributed by atoms with Crippen LogP contribution in [0.3, 0.4) is 0 Å². The standard InChI is InChI=1S/C14H17N3O2S2/c1-3-19-12(18)14(15-2,11-7-5-4-6-8-11)9-20-13-17-16-10-21-13/h4-8,10,15H,3,9H2,1-2H3. The van der Waals surface area contributed by atoms with Gasteiger partial charge in [0.1, 0.15) is 5.51 Å². The van der Waals surface area contributed by atoms with E-state index in [1.165, 1.54) is 23.1 Å². The summed E-state index contributed by atoms with van der Waals surface area (Å²) in [5, 5.41) is 11.0. The second-order valence-corrected chi connectivity index (χ2v) is 6.29. The van der Waals surface area contributed by atoms with E-state index in [1.807, 2.05) is 30.3 Å². The lowest BCUT2D eigenvalue weighted by atomic mass is 9.92. The van der Waals surface area contributed by atoms with Crippen molar-refractivity contribution >= 4 is 29.1 Å². The number of benzene rings is 1. The van der Waals surface area contributed by atoms with Crippen LogP contribution >= 0.6 is 23.1 Å². The molecule has 0 bridgehead atoms. The van der Waals surface area contributed by atoms with Crippen molar-refractivity contribution in [3.05, 3.63) is 41.4 Å². The summed E-state index contributed by atoms with van der Waals surface area (Å²) < 4.78 is 6.10. The van der Waals surface area contributed by atoms with Gasteiger partial charge in [-0.3, -0.25) is 0 Å². The van der Waals surface area contributed by atoms with Gasteiger partial charge in [0, 0.05) is 5.75 Å². The summed E-state index contributed by atoms with van der Waals surface area (Å²) in [5.41, 5.74) is 1.66. The minimum Gasteiger partial charge on any atom is -0.464 e. The fourth-order valence-electron chi connectivity index (χ4n) is 1.95. The normalized spacial score (nSPS) is 13.6. The molecule has 1 N–H and O–H groups in total. The number of nitrogens with zero attached hydrogens (tertiary/aromatic N) is 2. The van der Waals surface area contributed by atoms with E-state index in [4.69, 9.17) is 4.74 Å². The van der Waals surface area contributed by atoms with Gasteiger partial charge in [-0.15, -0.1) is 10.2 Å². The molecule has 0 aliphatic heterocycles. The van der Waals surface area contributed by atoms with E-state index in [-0.39, 0.29) is 5.97 Å². The number of esters is 1. The van der Waals surface area contributed by atoms with Crippen LogP contribution in [-0.2, 0) is 15.1 Å². The number of thioether (sulfide) groups is 1. The van der Waals surface area contributed by atoms with Gasteiger partial charge in [0.25, 0.3) is 0 Å². The third kappa shape index (κ3) is 3.61. The van der Waals surface area contributed by atoms with E-state index in [0.717, 1.165) is 9.90 Å². The van der Waals surface area contributed by atoms with Gasteiger partial charge < -0.3 is 10.1 Å². The second kappa shape index (κ2) is 7.53. The van der Waals surface area contributed by atoms with Gasteiger partial charge in [0.15, 0.2) is 9.88 Å². The molecule has 21 heavy (non-hydrogen) atoms. The van der Waals surface area contributed by atoms with Crippen molar-refractivity contribution in [2.75, 3.05) is 19.4 Å². The molecular weight excluding hydrogens is 306 g/mol. The summed E-state index contributed by atoms with van der Waals surface area (Å²) >= 11 is 2.94. The zero-order valence-electron chi connectivity index (χ0n) is 11.9. The van der Waals surface area contributed by atoms with Crippen LogP contribution in [0.5, 0.6) is 0 Å². The minimum absolute atomic E-state index is 0.282. The quantitative estimate of drug-likeness (QED) is 0.623. The van der Waals surface area contributed by atoms with E-state index >= 15 is 0 Å². The zero-order chi connectivity index (χ0) is 15.1. The van der Waals surface area contributed by atoms with Crippen LogP contribution in [0.2, 0.25) is 0 Å². The Morgan fingerprint density at radius 2 is 2.19 bits per heavy atom. The molecule has 2 rings (SSSR count). The second-order valence-electron chi connectivity index (χ2n) is 4.24. The third-order valence-electron chi connectivity index (χ3n) is 3.07. The average Bonchev–Trinajstić information content (AvgIpc) is 3.03. The number of carbonyl (C=O) groups is 1. The first-order valence-electron chi connectivity index (χ1n) is 6.53. The lowest BCUT2D eigenvalue weighted by Gasteiger charge is -2.31. The van der Waals surface area contributed by atoms with Crippen LogP contribution in [0.15, 0.2) is 40.2 Å². The topological polar surface area (TPSA) is 64.1 Å². The highest BCUT2D eigenvalue weighted by molar-refractivity contribution is 8.01. The molecule has 0 saturated heterocycles. The Bertz CT molecular complexity index is 563. The molecule has 1 aromatic carbocycles. The largest absolute Gasteiger partial charge is 0.464 e.